The van der Waals surface area contributed by atoms with E-state index in [9.17, 15) is 22.8 Å². The van der Waals surface area contributed by atoms with Crippen LogP contribution in [-0.4, -0.2) is 25.0 Å². The predicted octanol–water partition coefficient (Wildman–Crippen LogP) is 6.23. The van der Waals surface area contributed by atoms with Crippen molar-refractivity contribution >= 4 is 40.9 Å². The van der Waals surface area contributed by atoms with Gasteiger partial charge in [0.15, 0.2) is 5.78 Å². The van der Waals surface area contributed by atoms with Crippen LogP contribution in [0.4, 0.5) is 24.5 Å². The monoisotopic (exact) mass is 530 g/mol. The summed E-state index contributed by atoms with van der Waals surface area (Å²) in [6.45, 7) is 3.19. The molecule has 3 aromatic rings. The van der Waals surface area contributed by atoms with E-state index >= 15 is 0 Å². The number of nitrogens with zero attached hydrogens (tertiary/aromatic N) is 1. The van der Waals surface area contributed by atoms with Gasteiger partial charge in [-0.3, -0.25) is 14.6 Å². The number of carbonyl (C=O) groups excluding carboxylic acids is 2. The summed E-state index contributed by atoms with van der Waals surface area (Å²) >= 11 is 6.08. The van der Waals surface area contributed by atoms with E-state index in [0.29, 0.717) is 5.56 Å². The molecule has 3 aromatic carbocycles. The lowest BCUT2D eigenvalue weighted by Crippen LogP contribution is -2.16. The minimum absolute atomic E-state index is 0.00542. The number of amides is 1. The largest absolute Gasteiger partial charge is 0.416 e. The third-order valence-corrected chi connectivity index (χ3v) is 5.31. The summed E-state index contributed by atoms with van der Waals surface area (Å²) in [6.07, 6.45) is -2.48. The van der Waals surface area contributed by atoms with Crippen LogP contribution in [0.3, 0.4) is 0 Å². The fourth-order valence-electron chi connectivity index (χ4n) is 3.27. The number of hydrogen-bond donors (Lipinski definition) is 3. The summed E-state index contributed by atoms with van der Waals surface area (Å²) in [7, 11) is 1.50. The van der Waals surface area contributed by atoms with Gasteiger partial charge in [-0.05, 0) is 68.9 Å². The van der Waals surface area contributed by atoms with Gasteiger partial charge in [-0.25, -0.2) is 0 Å². The lowest BCUT2D eigenvalue weighted by Gasteiger charge is -2.12. The number of carbonyl (C=O) groups is 2. The van der Waals surface area contributed by atoms with Gasteiger partial charge in [0, 0.05) is 28.6 Å². The van der Waals surface area contributed by atoms with E-state index in [0.717, 1.165) is 24.0 Å². The van der Waals surface area contributed by atoms with Crippen LogP contribution in [0.1, 0.15) is 37.4 Å². The molecule has 0 unspecified atom stereocenters. The molecule has 0 radical (unpaired) electrons. The Hall–Kier alpha value is -3.95. The molecule has 0 spiro atoms. The minimum atomic E-state index is -4.54. The fourth-order valence-corrected chi connectivity index (χ4v) is 3.44. The van der Waals surface area contributed by atoms with Gasteiger partial charge in [0.2, 0.25) is 0 Å². The second-order valence-electron chi connectivity index (χ2n) is 7.72. The summed E-state index contributed by atoms with van der Waals surface area (Å²) in [5.74, 6) is -1.06. The highest BCUT2D eigenvalue weighted by atomic mass is 35.5. The molecule has 0 aliphatic heterocycles. The second-order valence-corrected chi connectivity index (χ2v) is 8.16. The van der Waals surface area contributed by atoms with Crippen molar-refractivity contribution in [3.8, 4) is 0 Å². The molecule has 0 aliphatic rings. The first kappa shape index (κ1) is 29.3. The van der Waals surface area contributed by atoms with Gasteiger partial charge in [-0.2, -0.15) is 13.2 Å². The maximum Gasteiger partial charge on any atom is 0.416 e. The zero-order valence-electron chi connectivity index (χ0n) is 20.4. The molecule has 5 N–H and O–H groups in total. The molecule has 10 heteroatoms. The number of ketones is 1. The van der Waals surface area contributed by atoms with Crippen molar-refractivity contribution < 1.29 is 22.8 Å². The van der Waals surface area contributed by atoms with Gasteiger partial charge in [0.25, 0.3) is 5.91 Å². The highest BCUT2D eigenvalue weighted by molar-refractivity contribution is 6.32. The summed E-state index contributed by atoms with van der Waals surface area (Å²) in [5, 5.41) is 2.93. The fraction of sp³-hybridized carbons (Fsp3) is 0.148. The molecule has 3 rings (SSSR count). The number of aryl methyl sites for hydroxylation is 2. The molecule has 37 heavy (non-hydrogen) atoms. The molecular weight excluding hydrogens is 505 g/mol. The predicted molar refractivity (Wildman–Crippen MR) is 142 cm³/mol. The first-order valence-electron chi connectivity index (χ1n) is 10.9. The number of hydrogen-bond acceptors (Lipinski definition) is 5. The molecule has 0 bridgehead atoms. The van der Waals surface area contributed by atoms with E-state index < -0.39 is 23.4 Å². The molecule has 0 aliphatic carbocycles. The summed E-state index contributed by atoms with van der Waals surface area (Å²) in [6, 6.07) is 14.8. The molecule has 1 amide bonds. The van der Waals surface area contributed by atoms with Gasteiger partial charge in [0.05, 0.1) is 22.5 Å². The quantitative estimate of drug-likeness (QED) is 0.199. The Balaban J connectivity index is 0.00000235. The van der Waals surface area contributed by atoms with Crippen LogP contribution >= 0.6 is 11.6 Å². The molecule has 0 atom stereocenters. The van der Waals surface area contributed by atoms with Crippen LogP contribution < -0.4 is 16.8 Å². The first-order chi connectivity index (χ1) is 17.5. The number of rotatable bonds is 6. The number of allylic oxidation sites excluding steroid dienone is 1. The molecular formula is C27H26ClF3N4O2. The third-order valence-electron chi connectivity index (χ3n) is 5.08. The zero-order chi connectivity index (χ0) is 27.8. The van der Waals surface area contributed by atoms with Crippen LogP contribution in [0.25, 0.3) is 0 Å². The van der Waals surface area contributed by atoms with Crippen molar-refractivity contribution in [2.24, 2.45) is 16.5 Å². The van der Waals surface area contributed by atoms with Crippen molar-refractivity contribution in [1.29, 1.82) is 0 Å². The smallest absolute Gasteiger partial charge is 0.404 e. The summed E-state index contributed by atoms with van der Waals surface area (Å²) < 4.78 is 39.6. The molecule has 0 aromatic heterocycles. The molecule has 194 valence electrons. The lowest BCUT2D eigenvalue weighted by molar-refractivity contribution is -0.138. The van der Waals surface area contributed by atoms with Crippen molar-refractivity contribution in [2.45, 2.75) is 20.0 Å². The van der Waals surface area contributed by atoms with Crippen molar-refractivity contribution in [2.75, 3.05) is 12.4 Å². The van der Waals surface area contributed by atoms with Crippen LogP contribution in [0, 0.1) is 13.8 Å². The maximum absolute atomic E-state index is 13.2. The standard InChI is InChI=1S/C26H21ClF3N3O2.CH5N/c1-15-4-3-5-17(10-15)25(35)33-23-9-7-19(27)11-21(23)24(34)18(13-31)14-32-20-8-6-16(2)22(12-20)26(28,29)30;1-2/h3-14H,31H2,1-2H3,(H,33,35);2H2,1H3/b18-13+,32-14?;. The SMILES string of the molecule is CN.Cc1cccc(C(=O)Nc2ccc(Cl)cc2C(=O)/C(C=Nc2ccc(C)c(C(F)(F)F)c2)=C/N)c1. The normalized spacial score (nSPS) is 11.6. The number of nitrogens with one attached hydrogen (secondary N) is 1. The topological polar surface area (TPSA) is 111 Å². The van der Waals surface area contributed by atoms with Crippen molar-refractivity contribution in [3.05, 3.63) is 105 Å². The van der Waals surface area contributed by atoms with Gasteiger partial charge < -0.3 is 16.8 Å². The van der Waals surface area contributed by atoms with Crippen molar-refractivity contribution in [3.63, 3.8) is 0 Å². The van der Waals surface area contributed by atoms with E-state index in [2.05, 4.69) is 16.0 Å². The summed E-state index contributed by atoms with van der Waals surface area (Å²) in [5.41, 5.74) is 10.8. The van der Waals surface area contributed by atoms with Crippen LogP contribution in [0.15, 0.2) is 77.4 Å². The van der Waals surface area contributed by atoms with Crippen LogP contribution in [0.5, 0.6) is 0 Å². The Morgan fingerprint density at radius 2 is 1.70 bits per heavy atom. The average Bonchev–Trinajstić information content (AvgIpc) is 2.86. The molecule has 0 saturated carbocycles. The molecule has 0 fully saturated rings. The maximum atomic E-state index is 13.2. The van der Waals surface area contributed by atoms with Gasteiger partial charge in [-0.15, -0.1) is 0 Å². The number of benzene rings is 3. The van der Waals surface area contributed by atoms with Crippen molar-refractivity contribution in [1.82, 2.24) is 0 Å². The molecule has 0 heterocycles. The second kappa shape index (κ2) is 12.8. The Kier molecular flexibility index (Phi) is 10.2. The number of nitrogens with two attached hydrogens (primary N) is 2. The van der Waals surface area contributed by atoms with Gasteiger partial charge in [-0.1, -0.05) is 35.4 Å². The molecule has 6 nitrogen and oxygen atoms in total. The Labute approximate surface area is 217 Å². The number of anilines is 1. The highest BCUT2D eigenvalue weighted by Crippen LogP contribution is 2.34. The Morgan fingerprint density at radius 1 is 1.00 bits per heavy atom. The van der Waals surface area contributed by atoms with Crippen LogP contribution in [-0.2, 0) is 6.18 Å². The van der Waals surface area contributed by atoms with Crippen LogP contribution in [0.2, 0.25) is 5.02 Å². The Bertz CT molecular complexity index is 1350. The number of aliphatic imine (C=N–C) groups is 1. The highest BCUT2D eigenvalue weighted by Gasteiger charge is 2.32. The number of Topliss-reactive ketones (excluding diaryl/α,β-unsaturated/α-hetero) is 1. The van der Waals surface area contributed by atoms with E-state index in [4.69, 9.17) is 17.3 Å². The Morgan fingerprint density at radius 3 is 2.32 bits per heavy atom. The number of halogens is 4. The third kappa shape index (κ3) is 7.77. The average molecular weight is 531 g/mol. The first-order valence-corrected chi connectivity index (χ1v) is 11.3. The van der Waals surface area contributed by atoms with E-state index in [1.165, 1.54) is 44.3 Å². The lowest BCUT2D eigenvalue weighted by atomic mass is 10.0. The van der Waals surface area contributed by atoms with Gasteiger partial charge in [0.1, 0.15) is 0 Å². The summed E-state index contributed by atoms with van der Waals surface area (Å²) in [4.78, 5) is 29.9. The van der Waals surface area contributed by atoms with Gasteiger partial charge >= 0.3 is 6.18 Å². The minimum Gasteiger partial charge on any atom is -0.404 e. The van der Waals surface area contributed by atoms with E-state index in [-0.39, 0.29) is 33.1 Å². The number of alkyl halides is 3. The van der Waals surface area contributed by atoms with E-state index in [1.54, 1.807) is 18.2 Å². The molecule has 0 saturated heterocycles. The van der Waals surface area contributed by atoms with E-state index in [1.807, 2.05) is 13.0 Å². The zero-order valence-corrected chi connectivity index (χ0v) is 21.1.